The molecule has 2 fully saturated rings. The second kappa shape index (κ2) is 8.13. The van der Waals surface area contributed by atoms with Crippen molar-refractivity contribution in [3.8, 4) is 5.75 Å². The number of benzene rings is 2. The van der Waals surface area contributed by atoms with Gasteiger partial charge in [-0.25, -0.2) is 0 Å². The van der Waals surface area contributed by atoms with Crippen LogP contribution < -0.4 is 10.1 Å². The maximum absolute atomic E-state index is 12.7. The fourth-order valence-corrected chi connectivity index (χ4v) is 4.61. The highest BCUT2D eigenvalue weighted by molar-refractivity contribution is 5.94. The van der Waals surface area contributed by atoms with E-state index in [0.29, 0.717) is 17.4 Å². The Morgan fingerprint density at radius 3 is 2.37 bits per heavy atom. The first-order valence-electron chi connectivity index (χ1n) is 11.1. The number of rotatable bonds is 5. The summed E-state index contributed by atoms with van der Waals surface area (Å²) in [6, 6.07) is 15.8. The normalized spacial score (nSPS) is 21.2. The minimum absolute atomic E-state index is 0.0462. The SMILES string of the molecule is O=C(N[C@@H]1CCc2ccccc21)c1ccc(OC2CCN(C(=O)C3CC3)CC2)cc1. The average Bonchev–Trinajstić information content (AvgIpc) is 3.56. The Morgan fingerprint density at radius 1 is 0.900 bits per heavy atom. The molecule has 0 aromatic heterocycles. The minimum atomic E-state index is -0.0462. The van der Waals surface area contributed by atoms with Crippen LogP contribution in [0, 0.1) is 5.92 Å². The summed E-state index contributed by atoms with van der Waals surface area (Å²) in [4.78, 5) is 26.8. The number of fused-ring (bicyclic) bond motifs is 1. The summed E-state index contributed by atoms with van der Waals surface area (Å²) in [5.41, 5.74) is 3.21. The van der Waals surface area contributed by atoms with E-state index in [-0.39, 0.29) is 18.1 Å². The molecule has 30 heavy (non-hydrogen) atoms. The van der Waals surface area contributed by atoms with Crippen LogP contribution in [0.5, 0.6) is 5.75 Å². The molecule has 156 valence electrons. The third-order valence-corrected chi connectivity index (χ3v) is 6.54. The zero-order valence-corrected chi connectivity index (χ0v) is 17.2. The van der Waals surface area contributed by atoms with Gasteiger partial charge in [0.15, 0.2) is 0 Å². The lowest BCUT2D eigenvalue weighted by molar-refractivity contribution is -0.134. The van der Waals surface area contributed by atoms with Gasteiger partial charge in [0, 0.05) is 37.4 Å². The van der Waals surface area contributed by atoms with E-state index in [1.807, 2.05) is 35.2 Å². The zero-order valence-electron chi connectivity index (χ0n) is 17.2. The van der Waals surface area contributed by atoms with Crippen molar-refractivity contribution in [3.63, 3.8) is 0 Å². The van der Waals surface area contributed by atoms with Gasteiger partial charge in [0.2, 0.25) is 5.91 Å². The van der Waals surface area contributed by atoms with Crippen molar-refractivity contribution >= 4 is 11.8 Å². The number of hydrogen-bond acceptors (Lipinski definition) is 3. The van der Waals surface area contributed by atoms with Gasteiger partial charge in [0.25, 0.3) is 5.91 Å². The third-order valence-electron chi connectivity index (χ3n) is 6.54. The topological polar surface area (TPSA) is 58.6 Å². The Bertz CT molecular complexity index is 928. The molecule has 1 atom stereocenters. The predicted octanol–water partition coefficient (Wildman–Crippen LogP) is 3.88. The quantitative estimate of drug-likeness (QED) is 0.823. The van der Waals surface area contributed by atoms with Gasteiger partial charge in [-0.15, -0.1) is 0 Å². The predicted molar refractivity (Wildman–Crippen MR) is 114 cm³/mol. The second-order valence-corrected chi connectivity index (χ2v) is 8.70. The van der Waals surface area contributed by atoms with Crippen LogP contribution in [0.1, 0.15) is 59.6 Å². The monoisotopic (exact) mass is 404 g/mol. The molecular formula is C25H28N2O3. The maximum atomic E-state index is 12.7. The van der Waals surface area contributed by atoms with Crippen LogP contribution in [-0.4, -0.2) is 35.9 Å². The molecule has 0 spiro atoms. The van der Waals surface area contributed by atoms with Gasteiger partial charge < -0.3 is 15.0 Å². The molecular weight excluding hydrogens is 376 g/mol. The Hall–Kier alpha value is -2.82. The van der Waals surface area contributed by atoms with Gasteiger partial charge in [0.05, 0.1) is 6.04 Å². The zero-order chi connectivity index (χ0) is 20.5. The molecule has 2 aromatic rings. The number of likely N-dealkylation sites (tertiary alicyclic amines) is 1. The summed E-state index contributed by atoms with van der Waals surface area (Å²) in [5.74, 6) is 1.35. The van der Waals surface area contributed by atoms with Crippen LogP contribution >= 0.6 is 0 Å². The highest BCUT2D eigenvalue weighted by Gasteiger charge is 2.35. The molecule has 3 aliphatic rings. The fraction of sp³-hybridized carbons (Fsp3) is 0.440. The van der Waals surface area contributed by atoms with Crippen molar-refractivity contribution in [3.05, 3.63) is 65.2 Å². The largest absolute Gasteiger partial charge is 0.490 e. The Morgan fingerprint density at radius 2 is 1.63 bits per heavy atom. The van der Waals surface area contributed by atoms with Gasteiger partial charge in [-0.05, 0) is 61.1 Å². The van der Waals surface area contributed by atoms with E-state index < -0.39 is 0 Å². The van der Waals surface area contributed by atoms with Crippen molar-refractivity contribution in [2.24, 2.45) is 5.92 Å². The minimum Gasteiger partial charge on any atom is -0.490 e. The van der Waals surface area contributed by atoms with Gasteiger partial charge >= 0.3 is 0 Å². The number of carbonyl (C=O) groups excluding carboxylic acids is 2. The number of hydrogen-bond donors (Lipinski definition) is 1. The average molecular weight is 405 g/mol. The lowest BCUT2D eigenvalue weighted by atomic mass is 10.1. The van der Waals surface area contributed by atoms with Gasteiger partial charge in [-0.2, -0.15) is 0 Å². The summed E-state index contributed by atoms with van der Waals surface area (Å²) in [5, 5.41) is 3.16. The van der Waals surface area contributed by atoms with Crippen LogP contribution in [0.2, 0.25) is 0 Å². The molecule has 2 aliphatic carbocycles. The molecule has 1 saturated heterocycles. The first-order chi connectivity index (χ1) is 14.7. The van der Waals surface area contributed by atoms with Crippen LogP contribution in [-0.2, 0) is 11.2 Å². The first-order valence-corrected chi connectivity index (χ1v) is 11.1. The number of amides is 2. The van der Waals surface area contributed by atoms with Gasteiger partial charge in [-0.1, -0.05) is 24.3 Å². The van der Waals surface area contributed by atoms with E-state index >= 15 is 0 Å². The summed E-state index contributed by atoms with van der Waals surface area (Å²) >= 11 is 0. The van der Waals surface area contributed by atoms with Crippen molar-refractivity contribution in [1.82, 2.24) is 10.2 Å². The molecule has 1 aliphatic heterocycles. The number of nitrogens with one attached hydrogen (secondary N) is 1. The molecule has 5 rings (SSSR count). The highest BCUT2D eigenvalue weighted by atomic mass is 16.5. The Kier molecular flexibility index (Phi) is 5.19. The van der Waals surface area contributed by atoms with Crippen LogP contribution in [0.25, 0.3) is 0 Å². The van der Waals surface area contributed by atoms with E-state index in [2.05, 4.69) is 23.5 Å². The summed E-state index contributed by atoms with van der Waals surface area (Å²) in [6.45, 7) is 1.56. The second-order valence-electron chi connectivity index (χ2n) is 8.70. The summed E-state index contributed by atoms with van der Waals surface area (Å²) < 4.78 is 6.10. The smallest absolute Gasteiger partial charge is 0.251 e. The maximum Gasteiger partial charge on any atom is 0.251 e. The van der Waals surface area contributed by atoms with E-state index in [9.17, 15) is 9.59 Å². The molecule has 2 amide bonds. The van der Waals surface area contributed by atoms with E-state index in [4.69, 9.17) is 4.74 Å². The van der Waals surface area contributed by atoms with Crippen molar-refractivity contribution in [2.45, 2.75) is 50.7 Å². The number of piperidine rings is 1. The Labute approximate surface area is 177 Å². The number of aryl methyl sites for hydroxylation is 1. The van der Waals surface area contributed by atoms with Crippen molar-refractivity contribution < 1.29 is 14.3 Å². The van der Waals surface area contributed by atoms with Gasteiger partial charge in [0.1, 0.15) is 11.9 Å². The van der Waals surface area contributed by atoms with Gasteiger partial charge in [-0.3, -0.25) is 9.59 Å². The van der Waals surface area contributed by atoms with Crippen LogP contribution in [0.15, 0.2) is 48.5 Å². The molecule has 5 nitrogen and oxygen atoms in total. The standard InChI is InChI=1S/C25H28N2O3/c28-24(26-23-12-9-17-3-1-2-4-22(17)23)18-7-10-20(11-8-18)30-21-13-15-27(16-14-21)25(29)19-5-6-19/h1-4,7-8,10-11,19,21,23H,5-6,9,12-16H2,(H,26,28)/t23-/m1/s1. The van der Waals surface area contributed by atoms with E-state index in [1.165, 1.54) is 11.1 Å². The summed E-state index contributed by atoms with van der Waals surface area (Å²) in [6.07, 6.45) is 5.93. The van der Waals surface area contributed by atoms with Crippen molar-refractivity contribution in [2.75, 3.05) is 13.1 Å². The number of carbonyl (C=O) groups is 2. The van der Waals surface area contributed by atoms with Crippen LogP contribution in [0.4, 0.5) is 0 Å². The molecule has 0 bridgehead atoms. The molecule has 2 aromatic carbocycles. The van der Waals surface area contributed by atoms with Crippen molar-refractivity contribution in [1.29, 1.82) is 0 Å². The van der Waals surface area contributed by atoms with Crippen LogP contribution in [0.3, 0.4) is 0 Å². The molecule has 1 heterocycles. The fourth-order valence-electron chi connectivity index (χ4n) is 4.61. The van der Waals surface area contributed by atoms with E-state index in [1.54, 1.807) is 0 Å². The molecule has 0 radical (unpaired) electrons. The first kappa shape index (κ1) is 19.2. The number of nitrogens with zero attached hydrogens (tertiary/aromatic N) is 1. The third kappa shape index (κ3) is 4.07. The lowest BCUT2D eigenvalue weighted by Crippen LogP contribution is -2.42. The molecule has 1 N–H and O–H groups in total. The Balaban J connectivity index is 1.13. The number of ether oxygens (including phenoxy) is 1. The summed E-state index contributed by atoms with van der Waals surface area (Å²) in [7, 11) is 0. The highest BCUT2D eigenvalue weighted by Crippen LogP contribution is 2.33. The molecule has 5 heteroatoms. The molecule has 0 unspecified atom stereocenters. The van der Waals surface area contributed by atoms with E-state index in [0.717, 1.165) is 57.4 Å². The molecule has 1 saturated carbocycles. The lowest BCUT2D eigenvalue weighted by Gasteiger charge is -2.32.